The molecule has 0 atom stereocenters. The number of hydrogen-bond donors (Lipinski definition) is 0. The van der Waals surface area contributed by atoms with Gasteiger partial charge in [-0.25, -0.2) is 9.97 Å². The second-order valence-corrected chi connectivity index (χ2v) is 16.9. The van der Waals surface area contributed by atoms with Gasteiger partial charge in [-0.05, 0) is 110 Å². The minimum absolute atomic E-state index is 0.0924. The predicted octanol–water partition coefficient (Wildman–Crippen LogP) is 12.5. The van der Waals surface area contributed by atoms with Crippen LogP contribution in [0.25, 0.3) is 55.1 Å². The standard InChI is InChI=1S/C50H46N6O/c1-30-20-32(3)47-41(22-30)42-23-31(2)21-33(4)48(42)55(47)35-17-19-51-46(27-35)56-43-13-10-9-12-39(43)40-16-15-37(28-45(40)56)57-38-25-34(50(5,6)7)24-36(26-38)54-29-53(8)44-14-11-18-52-49(44)54/h9-28H,29H2,1-8H3. The highest BCUT2D eigenvalue weighted by atomic mass is 16.5. The summed E-state index contributed by atoms with van der Waals surface area (Å²) >= 11 is 0. The number of para-hydroxylation sites is 1. The summed E-state index contributed by atoms with van der Waals surface area (Å²) in [6.45, 7) is 16.3. The van der Waals surface area contributed by atoms with Gasteiger partial charge in [0.05, 0.1) is 40.1 Å². The molecule has 0 aliphatic carbocycles. The highest BCUT2D eigenvalue weighted by Crippen LogP contribution is 2.43. The van der Waals surface area contributed by atoms with Crippen molar-refractivity contribution in [2.75, 3.05) is 23.5 Å². The van der Waals surface area contributed by atoms with Crippen LogP contribution in [0.4, 0.5) is 17.2 Å². The van der Waals surface area contributed by atoms with Gasteiger partial charge in [-0.3, -0.25) is 4.57 Å². The third kappa shape index (κ3) is 5.63. The fourth-order valence-corrected chi connectivity index (χ4v) is 9.04. The van der Waals surface area contributed by atoms with Crippen LogP contribution in [-0.4, -0.2) is 32.8 Å². The smallest absolute Gasteiger partial charge is 0.158 e. The topological polar surface area (TPSA) is 51.4 Å². The summed E-state index contributed by atoms with van der Waals surface area (Å²) in [7, 11) is 2.11. The van der Waals surface area contributed by atoms with Crippen LogP contribution in [0.3, 0.4) is 0 Å². The van der Waals surface area contributed by atoms with E-state index in [0.717, 1.165) is 56.6 Å². The van der Waals surface area contributed by atoms with Crippen LogP contribution >= 0.6 is 0 Å². The zero-order valence-electron chi connectivity index (χ0n) is 33.8. The monoisotopic (exact) mass is 746 g/mol. The number of nitrogens with zero attached hydrogens (tertiary/aromatic N) is 6. The van der Waals surface area contributed by atoms with Crippen molar-refractivity contribution in [3.8, 4) is 23.0 Å². The molecule has 10 rings (SSSR count). The first-order chi connectivity index (χ1) is 27.4. The molecule has 5 aromatic carbocycles. The minimum Gasteiger partial charge on any atom is -0.457 e. The quantitative estimate of drug-likeness (QED) is 0.176. The lowest BCUT2D eigenvalue weighted by Gasteiger charge is -2.25. The van der Waals surface area contributed by atoms with E-state index in [0.29, 0.717) is 6.67 Å². The molecule has 1 aliphatic rings. The van der Waals surface area contributed by atoms with E-state index in [1.807, 2.05) is 18.5 Å². The van der Waals surface area contributed by atoms with Crippen LogP contribution in [0.1, 0.15) is 48.6 Å². The SMILES string of the molecule is Cc1cc(C)c2c(c1)c1cc(C)cc(C)c1n2-c1ccnc(-n2c3ccccc3c3ccc(Oc4cc(N5CN(C)c6cccnc65)cc(C(C)(C)C)c4)cc32)c1. The fourth-order valence-electron chi connectivity index (χ4n) is 9.04. The van der Waals surface area contributed by atoms with Crippen molar-refractivity contribution in [3.05, 3.63) is 149 Å². The van der Waals surface area contributed by atoms with Gasteiger partial charge in [0.1, 0.15) is 17.3 Å². The number of anilines is 3. The van der Waals surface area contributed by atoms with Gasteiger partial charge in [0.15, 0.2) is 5.82 Å². The largest absolute Gasteiger partial charge is 0.457 e. The molecule has 4 aromatic heterocycles. The lowest BCUT2D eigenvalue weighted by atomic mass is 9.86. The molecule has 5 heterocycles. The summed E-state index contributed by atoms with van der Waals surface area (Å²) in [5.74, 6) is 3.35. The van der Waals surface area contributed by atoms with Crippen molar-refractivity contribution in [3.63, 3.8) is 0 Å². The highest BCUT2D eigenvalue weighted by Gasteiger charge is 2.28. The molecule has 0 spiro atoms. The molecule has 0 saturated carbocycles. The van der Waals surface area contributed by atoms with Gasteiger partial charge in [0.25, 0.3) is 0 Å². The van der Waals surface area contributed by atoms with E-state index in [2.05, 4.69) is 178 Å². The third-order valence-corrected chi connectivity index (χ3v) is 11.6. The van der Waals surface area contributed by atoms with E-state index >= 15 is 0 Å². The second kappa shape index (κ2) is 12.7. The van der Waals surface area contributed by atoms with Crippen molar-refractivity contribution in [1.29, 1.82) is 0 Å². The maximum absolute atomic E-state index is 6.85. The zero-order valence-corrected chi connectivity index (χ0v) is 33.8. The van der Waals surface area contributed by atoms with Crippen LogP contribution in [0.2, 0.25) is 0 Å². The van der Waals surface area contributed by atoms with Gasteiger partial charge in [-0.15, -0.1) is 0 Å². The van der Waals surface area contributed by atoms with Gasteiger partial charge in [0, 0.05) is 64.9 Å². The predicted molar refractivity (Wildman–Crippen MR) is 237 cm³/mol. The lowest BCUT2D eigenvalue weighted by molar-refractivity contribution is 0.479. The number of rotatable bonds is 5. The maximum atomic E-state index is 6.85. The molecule has 9 aromatic rings. The molecule has 282 valence electrons. The van der Waals surface area contributed by atoms with Gasteiger partial charge in [-0.2, -0.15) is 0 Å². The summed E-state index contributed by atoms with van der Waals surface area (Å²) in [4.78, 5) is 14.3. The van der Waals surface area contributed by atoms with Gasteiger partial charge < -0.3 is 19.1 Å². The number of pyridine rings is 2. The normalized spacial score (nSPS) is 13.1. The molecule has 0 unspecified atom stereocenters. The Morgan fingerprint density at radius 2 is 1.30 bits per heavy atom. The maximum Gasteiger partial charge on any atom is 0.158 e. The number of hydrogen-bond acceptors (Lipinski definition) is 5. The first kappa shape index (κ1) is 34.9. The zero-order chi connectivity index (χ0) is 39.3. The van der Waals surface area contributed by atoms with E-state index in [-0.39, 0.29) is 5.41 Å². The highest BCUT2D eigenvalue weighted by molar-refractivity contribution is 6.12. The number of aryl methyl sites for hydroxylation is 4. The van der Waals surface area contributed by atoms with Crippen molar-refractivity contribution < 1.29 is 4.74 Å². The van der Waals surface area contributed by atoms with Crippen LogP contribution in [0.15, 0.2) is 122 Å². The minimum atomic E-state index is -0.0924. The summed E-state index contributed by atoms with van der Waals surface area (Å²) in [5, 5.41) is 4.87. The van der Waals surface area contributed by atoms with Crippen molar-refractivity contribution in [2.24, 2.45) is 0 Å². The third-order valence-electron chi connectivity index (χ3n) is 11.6. The Hall–Kier alpha value is -6.60. The van der Waals surface area contributed by atoms with Crippen LogP contribution < -0.4 is 14.5 Å². The number of benzene rings is 5. The van der Waals surface area contributed by atoms with E-state index in [1.165, 1.54) is 55.0 Å². The fraction of sp³-hybridized carbons (Fsp3) is 0.200. The lowest BCUT2D eigenvalue weighted by Crippen LogP contribution is -2.24. The van der Waals surface area contributed by atoms with Crippen molar-refractivity contribution in [2.45, 2.75) is 53.9 Å². The number of aromatic nitrogens is 4. The molecular weight excluding hydrogens is 701 g/mol. The van der Waals surface area contributed by atoms with Gasteiger partial charge in [0.2, 0.25) is 0 Å². The summed E-state index contributed by atoms with van der Waals surface area (Å²) in [5.41, 5.74) is 14.0. The Labute approximate surface area is 333 Å². The molecule has 1 aliphatic heterocycles. The first-order valence-electron chi connectivity index (χ1n) is 19.7. The van der Waals surface area contributed by atoms with E-state index in [9.17, 15) is 0 Å². The van der Waals surface area contributed by atoms with Crippen LogP contribution in [0, 0.1) is 27.7 Å². The number of fused-ring (bicyclic) bond motifs is 7. The summed E-state index contributed by atoms with van der Waals surface area (Å²) < 4.78 is 11.6. The summed E-state index contributed by atoms with van der Waals surface area (Å²) in [6.07, 6.45) is 3.81. The molecule has 57 heavy (non-hydrogen) atoms. The van der Waals surface area contributed by atoms with E-state index < -0.39 is 0 Å². The molecule has 0 radical (unpaired) electrons. The Morgan fingerprint density at radius 1 is 0.579 bits per heavy atom. The van der Waals surface area contributed by atoms with Gasteiger partial charge >= 0.3 is 0 Å². The molecule has 7 nitrogen and oxygen atoms in total. The Bertz CT molecular complexity index is 3020. The van der Waals surface area contributed by atoms with Crippen LogP contribution in [0.5, 0.6) is 11.5 Å². The molecule has 0 N–H and O–H groups in total. The Morgan fingerprint density at radius 3 is 2.04 bits per heavy atom. The summed E-state index contributed by atoms with van der Waals surface area (Å²) in [6, 6.07) is 39.3. The van der Waals surface area contributed by atoms with E-state index in [4.69, 9.17) is 14.7 Å². The van der Waals surface area contributed by atoms with Crippen molar-refractivity contribution in [1.82, 2.24) is 19.1 Å². The average Bonchev–Trinajstić information content (AvgIpc) is 3.82. The average molecular weight is 747 g/mol. The molecule has 0 saturated heterocycles. The molecular formula is C50H46N6O. The second-order valence-electron chi connectivity index (χ2n) is 16.9. The van der Waals surface area contributed by atoms with Crippen molar-refractivity contribution >= 4 is 60.8 Å². The van der Waals surface area contributed by atoms with Gasteiger partial charge in [-0.1, -0.05) is 62.2 Å². The van der Waals surface area contributed by atoms with E-state index in [1.54, 1.807) is 0 Å². The first-order valence-corrected chi connectivity index (χ1v) is 19.7. The number of ether oxygens (including phenoxy) is 1. The Balaban J connectivity index is 1.12. The van der Waals surface area contributed by atoms with Crippen LogP contribution in [-0.2, 0) is 5.41 Å². The molecule has 0 bridgehead atoms. The molecule has 7 heteroatoms. The molecule has 0 amide bonds. The molecule has 0 fully saturated rings. The Kier molecular flexibility index (Phi) is 7.78.